The number of hydrogen-bond donors (Lipinski definition) is 1. The van der Waals surface area contributed by atoms with Gasteiger partial charge in [-0.05, 0) is 29.8 Å². The standard InChI is InChI=1S/C16H17F3N2O3/c1-22-12-7-10(8-13(23-2)14(12)24-3)9-21-15-11(16(17,18)19)5-4-6-20-15/h4-8H,9H2,1-3H3,(H,20,21). The Hall–Kier alpha value is -2.64. The molecule has 130 valence electrons. The number of rotatable bonds is 6. The highest BCUT2D eigenvalue weighted by atomic mass is 19.4. The molecule has 0 spiro atoms. The van der Waals surface area contributed by atoms with Crippen LogP contribution in [0.25, 0.3) is 0 Å². The van der Waals surface area contributed by atoms with Crippen molar-refractivity contribution < 1.29 is 27.4 Å². The van der Waals surface area contributed by atoms with Crippen LogP contribution in [0.15, 0.2) is 30.5 Å². The summed E-state index contributed by atoms with van der Waals surface area (Å²) >= 11 is 0. The maximum atomic E-state index is 13.0. The molecule has 24 heavy (non-hydrogen) atoms. The molecule has 1 aromatic heterocycles. The number of benzene rings is 1. The number of anilines is 1. The molecular weight excluding hydrogens is 325 g/mol. The van der Waals surface area contributed by atoms with Crippen molar-refractivity contribution in [3.63, 3.8) is 0 Å². The van der Waals surface area contributed by atoms with Gasteiger partial charge in [0.1, 0.15) is 5.82 Å². The van der Waals surface area contributed by atoms with Crippen LogP contribution in [-0.4, -0.2) is 26.3 Å². The van der Waals surface area contributed by atoms with Crippen LogP contribution in [0.2, 0.25) is 0 Å². The van der Waals surface area contributed by atoms with Gasteiger partial charge in [0.05, 0.1) is 26.9 Å². The van der Waals surface area contributed by atoms with E-state index in [0.717, 1.165) is 6.07 Å². The highest BCUT2D eigenvalue weighted by Crippen LogP contribution is 2.38. The fraction of sp³-hybridized carbons (Fsp3) is 0.312. The third-order valence-corrected chi connectivity index (χ3v) is 3.30. The Morgan fingerprint density at radius 1 is 1.04 bits per heavy atom. The van der Waals surface area contributed by atoms with Gasteiger partial charge in [0.25, 0.3) is 0 Å². The Bertz CT molecular complexity index is 680. The highest BCUT2D eigenvalue weighted by molar-refractivity contribution is 5.55. The Balaban J connectivity index is 2.27. The van der Waals surface area contributed by atoms with Crippen molar-refractivity contribution >= 4 is 5.82 Å². The molecule has 2 aromatic rings. The Morgan fingerprint density at radius 3 is 2.17 bits per heavy atom. The molecule has 1 heterocycles. The number of hydrogen-bond acceptors (Lipinski definition) is 5. The van der Waals surface area contributed by atoms with E-state index in [0.29, 0.717) is 22.8 Å². The summed E-state index contributed by atoms with van der Waals surface area (Å²) in [5, 5.41) is 2.69. The first kappa shape index (κ1) is 17.7. The van der Waals surface area contributed by atoms with Crippen molar-refractivity contribution in [1.82, 2.24) is 4.98 Å². The molecule has 1 N–H and O–H groups in total. The van der Waals surface area contributed by atoms with E-state index in [2.05, 4.69) is 10.3 Å². The Morgan fingerprint density at radius 2 is 1.67 bits per heavy atom. The van der Waals surface area contributed by atoms with Gasteiger partial charge in [-0.2, -0.15) is 13.2 Å². The van der Waals surface area contributed by atoms with Crippen molar-refractivity contribution in [2.24, 2.45) is 0 Å². The van der Waals surface area contributed by atoms with E-state index in [1.54, 1.807) is 12.1 Å². The third-order valence-electron chi connectivity index (χ3n) is 3.30. The van der Waals surface area contributed by atoms with Gasteiger partial charge in [-0.3, -0.25) is 0 Å². The number of halogens is 3. The second-order valence-electron chi connectivity index (χ2n) is 4.78. The quantitative estimate of drug-likeness (QED) is 0.867. The molecular formula is C16H17F3N2O3. The minimum Gasteiger partial charge on any atom is -0.493 e. The normalized spacial score (nSPS) is 11.1. The fourth-order valence-electron chi connectivity index (χ4n) is 2.20. The van der Waals surface area contributed by atoms with Crippen molar-refractivity contribution in [3.05, 3.63) is 41.6 Å². The van der Waals surface area contributed by atoms with Crippen LogP contribution in [0.1, 0.15) is 11.1 Å². The molecule has 0 fully saturated rings. The van der Waals surface area contributed by atoms with Crippen LogP contribution < -0.4 is 19.5 Å². The van der Waals surface area contributed by atoms with E-state index >= 15 is 0 Å². The van der Waals surface area contributed by atoms with Gasteiger partial charge in [-0.1, -0.05) is 0 Å². The number of aromatic nitrogens is 1. The lowest BCUT2D eigenvalue weighted by molar-refractivity contribution is -0.137. The minimum absolute atomic E-state index is 0.108. The largest absolute Gasteiger partial charge is 0.493 e. The van der Waals surface area contributed by atoms with Crippen molar-refractivity contribution in [1.29, 1.82) is 0 Å². The average Bonchev–Trinajstić information content (AvgIpc) is 2.58. The van der Waals surface area contributed by atoms with Gasteiger partial charge in [-0.25, -0.2) is 4.98 Å². The third kappa shape index (κ3) is 3.81. The predicted octanol–water partition coefficient (Wildman–Crippen LogP) is 3.74. The first-order valence-electron chi connectivity index (χ1n) is 6.95. The van der Waals surface area contributed by atoms with Gasteiger partial charge >= 0.3 is 6.18 Å². The van der Waals surface area contributed by atoms with Crippen LogP contribution >= 0.6 is 0 Å². The second kappa shape index (κ2) is 7.29. The molecule has 0 radical (unpaired) electrons. The van der Waals surface area contributed by atoms with Crippen LogP contribution in [-0.2, 0) is 12.7 Å². The summed E-state index contributed by atoms with van der Waals surface area (Å²) in [6.45, 7) is 0.108. The maximum absolute atomic E-state index is 13.0. The molecule has 0 aliphatic carbocycles. The molecule has 0 saturated heterocycles. The summed E-state index contributed by atoms with van der Waals surface area (Å²) in [7, 11) is 4.41. The topological polar surface area (TPSA) is 52.6 Å². The zero-order valence-electron chi connectivity index (χ0n) is 13.4. The molecule has 0 aliphatic rings. The van der Waals surface area contributed by atoms with Crippen molar-refractivity contribution in [2.75, 3.05) is 26.6 Å². The van der Waals surface area contributed by atoms with Crippen LogP contribution in [0.4, 0.5) is 19.0 Å². The van der Waals surface area contributed by atoms with E-state index in [-0.39, 0.29) is 12.4 Å². The van der Waals surface area contributed by atoms with Gasteiger partial charge in [0, 0.05) is 12.7 Å². The molecule has 2 rings (SSSR count). The van der Waals surface area contributed by atoms with E-state index in [9.17, 15) is 13.2 Å². The molecule has 0 amide bonds. The second-order valence-corrected chi connectivity index (χ2v) is 4.78. The van der Waals surface area contributed by atoms with E-state index in [1.165, 1.54) is 33.6 Å². The summed E-state index contributed by atoms with van der Waals surface area (Å²) in [6, 6.07) is 5.53. The summed E-state index contributed by atoms with van der Waals surface area (Å²) in [4.78, 5) is 3.76. The number of nitrogens with zero attached hydrogens (tertiary/aromatic N) is 1. The zero-order chi connectivity index (χ0) is 17.7. The fourth-order valence-corrected chi connectivity index (χ4v) is 2.20. The minimum atomic E-state index is -4.48. The lowest BCUT2D eigenvalue weighted by Gasteiger charge is -2.16. The molecule has 5 nitrogen and oxygen atoms in total. The van der Waals surface area contributed by atoms with Crippen LogP contribution in [0, 0.1) is 0 Å². The molecule has 1 aromatic carbocycles. The molecule has 0 aliphatic heterocycles. The van der Waals surface area contributed by atoms with Crippen LogP contribution in [0.3, 0.4) is 0 Å². The van der Waals surface area contributed by atoms with E-state index < -0.39 is 11.7 Å². The summed E-state index contributed by atoms with van der Waals surface area (Å²) in [5.74, 6) is 1.02. The summed E-state index contributed by atoms with van der Waals surface area (Å²) < 4.78 is 54.6. The lowest BCUT2D eigenvalue weighted by Crippen LogP contribution is -2.12. The molecule has 0 atom stereocenters. The molecule has 0 bridgehead atoms. The van der Waals surface area contributed by atoms with E-state index in [4.69, 9.17) is 14.2 Å². The molecule has 0 saturated carbocycles. The highest BCUT2D eigenvalue weighted by Gasteiger charge is 2.34. The smallest absolute Gasteiger partial charge is 0.419 e. The summed E-state index contributed by atoms with van der Waals surface area (Å²) in [6.07, 6.45) is -3.18. The number of methoxy groups -OCH3 is 3. The first-order valence-corrected chi connectivity index (χ1v) is 6.95. The van der Waals surface area contributed by atoms with Gasteiger partial charge in [0.2, 0.25) is 5.75 Å². The van der Waals surface area contributed by atoms with E-state index in [1.807, 2.05) is 0 Å². The Kier molecular flexibility index (Phi) is 5.38. The number of pyridine rings is 1. The van der Waals surface area contributed by atoms with Crippen LogP contribution in [0.5, 0.6) is 17.2 Å². The maximum Gasteiger partial charge on any atom is 0.419 e. The predicted molar refractivity (Wildman–Crippen MR) is 82.7 cm³/mol. The lowest BCUT2D eigenvalue weighted by atomic mass is 10.1. The average molecular weight is 342 g/mol. The molecule has 8 heteroatoms. The monoisotopic (exact) mass is 342 g/mol. The summed E-state index contributed by atoms with van der Waals surface area (Å²) in [5.41, 5.74) is -0.166. The van der Waals surface area contributed by atoms with Crippen molar-refractivity contribution in [3.8, 4) is 17.2 Å². The first-order chi connectivity index (χ1) is 11.4. The van der Waals surface area contributed by atoms with Gasteiger partial charge in [0.15, 0.2) is 11.5 Å². The SMILES string of the molecule is COc1cc(CNc2ncccc2C(F)(F)F)cc(OC)c1OC. The zero-order valence-corrected chi connectivity index (χ0v) is 13.4. The van der Waals surface area contributed by atoms with Gasteiger partial charge < -0.3 is 19.5 Å². The Labute approximate surface area is 137 Å². The number of nitrogens with one attached hydrogen (secondary N) is 1. The van der Waals surface area contributed by atoms with Crippen molar-refractivity contribution in [2.45, 2.75) is 12.7 Å². The number of alkyl halides is 3. The molecule has 0 unspecified atom stereocenters. The number of ether oxygens (including phenoxy) is 3. The van der Waals surface area contributed by atoms with Gasteiger partial charge in [-0.15, -0.1) is 0 Å².